The highest BCUT2D eigenvalue weighted by molar-refractivity contribution is 7.13. The fourth-order valence-corrected chi connectivity index (χ4v) is 4.10. The van der Waals surface area contributed by atoms with Crippen molar-refractivity contribution in [3.8, 4) is 0 Å². The van der Waals surface area contributed by atoms with Gasteiger partial charge < -0.3 is 15.5 Å². The minimum Gasteiger partial charge on any atom is -0.355 e. The molecule has 0 spiro atoms. The number of anilines is 1. The number of hydrogen-bond donors (Lipinski definition) is 2. The van der Waals surface area contributed by atoms with Crippen LogP contribution in [0.2, 0.25) is 0 Å². The Hall–Kier alpha value is -3.66. The molecule has 34 heavy (non-hydrogen) atoms. The lowest BCUT2D eigenvalue weighted by molar-refractivity contribution is -0.120. The molecule has 176 valence electrons. The van der Waals surface area contributed by atoms with E-state index in [9.17, 15) is 18.8 Å². The van der Waals surface area contributed by atoms with Crippen LogP contribution in [0, 0.1) is 5.82 Å². The van der Waals surface area contributed by atoms with Crippen LogP contribution in [0.15, 0.2) is 54.0 Å². The second kappa shape index (κ2) is 11.0. The van der Waals surface area contributed by atoms with Crippen molar-refractivity contribution in [1.29, 1.82) is 0 Å². The van der Waals surface area contributed by atoms with Gasteiger partial charge >= 0.3 is 0 Å². The van der Waals surface area contributed by atoms with Crippen LogP contribution in [-0.4, -0.2) is 51.7 Å². The average molecular weight is 482 g/mol. The molecule has 8 nitrogen and oxygen atoms in total. The largest absolute Gasteiger partial charge is 0.355 e. The number of halogens is 1. The lowest BCUT2D eigenvalue weighted by Crippen LogP contribution is -2.39. The highest BCUT2D eigenvalue weighted by Crippen LogP contribution is 2.28. The molecular weight excluding hydrogens is 457 g/mol. The van der Waals surface area contributed by atoms with E-state index in [4.69, 9.17) is 0 Å². The van der Waals surface area contributed by atoms with E-state index in [1.54, 1.807) is 11.6 Å². The quantitative estimate of drug-likeness (QED) is 0.463. The maximum absolute atomic E-state index is 13.2. The summed E-state index contributed by atoms with van der Waals surface area (Å²) in [5, 5.41) is 7.63. The number of hydrogen-bond acceptors (Lipinski definition) is 6. The summed E-state index contributed by atoms with van der Waals surface area (Å²) >= 11 is 1.22. The van der Waals surface area contributed by atoms with Crippen molar-refractivity contribution in [2.45, 2.75) is 31.7 Å². The van der Waals surface area contributed by atoms with Gasteiger partial charge in [0.1, 0.15) is 12.4 Å². The zero-order valence-electron chi connectivity index (χ0n) is 18.4. The van der Waals surface area contributed by atoms with Crippen LogP contribution in [0.4, 0.5) is 9.52 Å². The molecular formula is C24H24FN5O3S. The van der Waals surface area contributed by atoms with Crippen LogP contribution in [0.25, 0.3) is 0 Å². The summed E-state index contributed by atoms with van der Waals surface area (Å²) < 4.78 is 13.2. The molecule has 2 aromatic heterocycles. The van der Waals surface area contributed by atoms with E-state index in [1.165, 1.54) is 40.5 Å². The third-order valence-corrected chi connectivity index (χ3v) is 6.03. The van der Waals surface area contributed by atoms with E-state index in [-0.39, 0.29) is 36.7 Å². The van der Waals surface area contributed by atoms with Gasteiger partial charge in [0.05, 0.1) is 12.1 Å². The molecule has 10 heteroatoms. The average Bonchev–Trinajstić information content (AvgIpc) is 3.58. The highest BCUT2D eigenvalue weighted by atomic mass is 32.1. The summed E-state index contributed by atoms with van der Waals surface area (Å²) in [4.78, 5) is 47.6. The summed E-state index contributed by atoms with van der Waals surface area (Å²) in [5.41, 5.74) is 1.79. The van der Waals surface area contributed by atoms with E-state index >= 15 is 0 Å². The molecule has 3 aromatic rings. The number of amides is 3. The van der Waals surface area contributed by atoms with Crippen molar-refractivity contribution in [2.24, 2.45) is 0 Å². The number of pyridine rings is 1. The van der Waals surface area contributed by atoms with Gasteiger partial charge in [-0.15, -0.1) is 11.3 Å². The molecule has 0 atom stereocenters. The molecule has 2 heterocycles. The number of rotatable bonds is 10. The normalized spacial score (nSPS) is 12.7. The van der Waals surface area contributed by atoms with Crippen molar-refractivity contribution in [3.63, 3.8) is 0 Å². The molecule has 0 bridgehead atoms. The maximum atomic E-state index is 13.2. The van der Waals surface area contributed by atoms with E-state index in [0.29, 0.717) is 29.4 Å². The van der Waals surface area contributed by atoms with Crippen LogP contribution < -0.4 is 10.6 Å². The minimum absolute atomic E-state index is 0.00457. The van der Waals surface area contributed by atoms with Crippen LogP contribution in [0.3, 0.4) is 0 Å². The van der Waals surface area contributed by atoms with Crippen LogP contribution in [-0.2, 0) is 22.4 Å². The molecule has 1 fully saturated rings. The first-order chi connectivity index (χ1) is 16.5. The van der Waals surface area contributed by atoms with Crippen molar-refractivity contribution >= 4 is 34.2 Å². The zero-order valence-corrected chi connectivity index (χ0v) is 19.2. The Morgan fingerprint density at radius 2 is 1.85 bits per heavy atom. The van der Waals surface area contributed by atoms with E-state index in [1.807, 2.05) is 18.2 Å². The van der Waals surface area contributed by atoms with E-state index in [2.05, 4.69) is 20.6 Å². The maximum Gasteiger partial charge on any atom is 0.254 e. The first kappa shape index (κ1) is 23.5. The summed E-state index contributed by atoms with van der Waals surface area (Å²) in [5.74, 6) is -1.26. The van der Waals surface area contributed by atoms with Gasteiger partial charge in [-0.3, -0.25) is 19.4 Å². The summed E-state index contributed by atoms with van der Waals surface area (Å²) in [6.07, 6.45) is 4.11. The first-order valence-electron chi connectivity index (χ1n) is 11.0. The number of carbonyl (C=O) groups excluding carboxylic acids is 3. The smallest absolute Gasteiger partial charge is 0.254 e. The predicted molar refractivity (Wildman–Crippen MR) is 126 cm³/mol. The van der Waals surface area contributed by atoms with Gasteiger partial charge in [0.2, 0.25) is 11.8 Å². The number of nitrogens with one attached hydrogen (secondary N) is 2. The second-order valence-electron chi connectivity index (χ2n) is 7.96. The van der Waals surface area contributed by atoms with Crippen LogP contribution in [0.5, 0.6) is 0 Å². The molecule has 1 saturated carbocycles. The molecule has 0 unspecified atom stereocenters. The number of aromatic nitrogens is 2. The Bertz CT molecular complexity index is 1150. The third-order valence-electron chi connectivity index (χ3n) is 5.22. The van der Waals surface area contributed by atoms with Crippen LogP contribution in [0.1, 0.15) is 34.6 Å². The number of benzene rings is 1. The molecule has 1 aliphatic rings. The predicted octanol–water partition coefficient (Wildman–Crippen LogP) is 2.82. The fourth-order valence-electron chi connectivity index (χ4n) is 3.37. The molecule has 1 aliphatic carbocycles. The molecule has 2 N–H and O–H groups in total. The van der Waals surface area contributed by atoms with E-state index < -0.39 is 5.82 Å². The fraction of sp³-hybridized carbons (Fsp3) is 0.292. The second-order valence-corrected chi connectivity index (χ2v) is 8.82. The van der Waals surface area contributed by atoms with Gasteiger partial charge in [-0.05, 0) is 49.2 Å². The Labute approximate surface area is 200 Å². The van der Waals surface area contributed by atoms with E-state index in [0.717, 1.165) is 18.5 Å². The van der Waals surface area contributed by atoms with Crippen molar-refractivity contribution in [2.75, 3.05) is 18.4 Å². The van der Waals surface area contributed by atoms with Gasteiger partial charge in [-0.25, -0.2) is 9.37 Å². The van der Waals surface area contributed by atoms with Gasteiger partial charge in [0.15, 0.2) is 5.13 Å². The Morgan fingerprint density at radius 1 is 1.06 bits per heavy atom. The minimum atomic E-state index is -0.422. The molecule has 4 rings (SSSR count). The summed E-state index contributed by atoms with van der Waals surface area (Å²) in [7, 11) is 0. The van der Waals surface area contributed by atoms with Gasteiger partial charge in [-0.1, -0.05) is 6.07 Å². The molecule has 3 amide bonds. The highest BCUT2D eigenvalue weighted by Gasteiger charge is 2.34. The van der Waals surface area contributed by atoms with Crippen molar-refractivity contribution < 1.29 is 18.8 Å². The SMILES string of the molecule is O=C(Cc1csc(NC(=O)CN(C(=O)c2ccc(F)cc2)C2CC2)n1)NCCc1ccccn1. The molecule has 0 aliphatic heterocycles. The topological polar surface area (TPSA) is 104 Å². The standard InChI is InChI=1S/C24H24FN5O3S/c25-17-6-4-16(5-7-17)23(33)30(20-8-9-20)14-22(32)29-24-28-19(15-34-24)13-21(31)27-12-10-18-3-1-2-11-26-18/h1-7,11,15,20H,8-10,12-14H2,(H,27,31)(H,28,29,32). The Kier molecular flexibility index (Phi) is 7.58. The van der Waals surface area contributed by atoms with Crippen molar-refractivity contribution in [1.82, 2.24) is 20.2 Å². The Balaban J connectivity index is 1.25. The zero-order chi connectivity index (χ0) is 23.9. The molecule has 1 aromatic carbocycles. The van der Waals surface area contributed by atoms with Gasteiger partial charge in [-0.2, -0.15) is 0 Å². The number of nitrogens with zero attached hydrogens (tertiary/aromatic N) is 3. The van der Waals surface area contributed by atoms with Gasteiger partial charge in [0, 0.05) is 41.8 Å². The summed E-state index contributed by atoms with van der Waals surface area (Å²) in [6, 6.07) is 10.9. The third kappa shape index (κ3) is 6.67. The molecule has 0 saturated heterocycles. The summed E-state index contributed by atoms with van der Waals surface area (Å²) in [6.45, 7) is 0.354. The van der Waals surface area contributed by atoms with Crippen LogP contribution >= 0.6 is 11.3 Å². The first-order valence-corrected chi connectivity index (χ1v) is 11.8. The lowest BCUT2D eigenvalue weighted by Gasteiger charge is -2.21. The lowest BCUT2D eigenvalue weighted by atomic mass is 10.2. The molecule has 0 radical (unpaired) electrons. The Morgan fingerprint density at radius 3 is 2.56 bits per heavy atom. The number of thiazole rings is 1. The monoisotopic (exact) mass is 481 g/mol. The number of carbonyl (C=O) groups is 3. The van der Waals surface area contributed by atoms with Crippen molar-refractivity contribution in [3.05, 3.63) is 76.8 Å². The van der Waals surface area contributed by atoms with Gasteiger partial charge in [0.25, 0.3) is 5.91 Å².